The Morgan fingerprint density at radius 3 is 2.26 bits per heavy atom. The summed E-state index contributed by atoms with van der Waals surface area (Å²) in [6.45, 7) is 5.72. The van der Waals surface area contributed by atoms with Gasteiger partial charge >= 0.3 is 0 Å². The van der Waals surface area contributed by atoms with Crippen LogP contribution in [0.15, 0.2) is 82.7 Å². The molecule has 0 aliphatic heterocycles. The number of hydrogen-bond donors (Lipinski definition) is 1. The highest BCUT2D eigenvalue weighted by Crippen LogP contribution is 2.38. The van der Waals surface area contributed by atoms with E-state index in [1.54, 1.807) is 37.4 Å². The average molecular weight is 639 g/mol. The van der Waals surface area contributed by atoms with Crippen molar-refractivity contribution in [1.29, 1.82) is 0 Å². The number of nitrogens with one attached hydrogen (secondary N) is 1. The minimum Gasteiger partial charge on any atom is -0.496 e. The SMILES string of the molecule is COc1cc(C)c(-c2nc3ccccc3c(=O)n2N=Cc2cc(OC)c(OCC(=O)Nc3ccc(F)cc3)c(OC)c2)cc1C(C)C. The predicted octanol–water partition coefficient (Wildman–Crippen LogP) is 6.56. The zero-order valence-corrected chi connectivity index (χ0v) is 27.0. The van der Waals surface area contributed by atoms with E-state index in [-0.39, 0.29) is 35.3 Å². The van der Waals surface area contributed by atoms with E-state index in [2.05, 4.69) is 24.3 Å². The molecule has 1 amide bonds. The van der Waals surface area contributed by atoms with Crippen LogP contribution < -0.4 is 29.8 Å². The van der Waals surface area contributed by atoms with Gasteiger partial charge in [-0.1, -0.05) is 26.0 Å². The van der Waals surface area contributed by atoms with Crippen molar-refractivity contribution in [2.45, 2.75) is 26.7 Å². The molecule has 0 saturated carbocycles. The van der Waals surface area contributed by atoms with Crippen molar-refractivity contribution in [1.82, 2.24) is 9.66 Å². The molecule has 0 saturated heterocycles. The number of anilines is 1. The largest absolute Gasteiger partial charge is 0.496 e. The molecule has 10 nitrogen and oxygen atoms in total. The Hall–Kier alpha value is -5.71. The molecular formula is C36H35FN4O6. The first kappa shape index (κ1) is 32.7. The third-order valence-corrected chi connectivity index (χ3v) is 7.47. The molecule has 0 unspecified atom stereocenters. The molecular weight excluding hydrogens is 603 g/mol. The first-order valence-corrected chi connectivity index (χ1v) is 14.8. The number of benzene rings is 4. The number of fused-ring (bicyclic) bond motifs is 1. The third kappa shape index (κ3) is 7.09. The summed E-state index contributed by atoms with van der Waals surface area (Å²) in [7, 11) is 4.54. The average Bonchev–Trinajstić information content (AvgIpc) is 3.07. The van der Waals surface area contributed by atoms with Gasteiger partial charge in [-0.2, -0.15) is 9.78 Å². The summed E-state index contributed by atoms with van der Waals surface area (Å²) in [5.41, 5.74) is 3.75. The summed E-state index contributed by atoms with van der Waals surface area (Å²) in [6, 6.07) is 19.7. The Morgan fingerprint density at radius 2 is 1.62 bits per heavy atom. The summed E-state index contributed by atoms with van der Waals surface area (Å²) < 4.78 is 37.0. The van der Waals surface area contributed by atoms with Gasteiger partial charge in [0, 0.05) is 16.8 Å². The molecule has 0 aliphatic rings. The van der Waals surface area contributed by atoms with Crippen LogP contribution in [0.25, 0.3) is 22.3 Å². The summed E-state index contributed by atoms with van der Waals surface area (Å²) in [5.74, 6) is 1.16. The molecule has 1 heterocycles. The summed E-state index contributed by atoms with van der Waals surface area (Å²) in [5, 5.41) is 7.67. The van der Waals surface area contributed by atoms with Crippen LogP contribution in [0.1, 0.15) is 36.5 Å². The lowest BCUT2D eigenvalue weighted by Crippen LogP contribution is -2.21. The molecule has 0 fully saturated rings. The van der Waals surface area contributed by atoms with Crippen LogP contribution in [0.3, 0.4) is 0 Å². The molecule has 0 aliphatic carbocycles. The van der Waals surface area contributed by atoms with Crippen LogP contribution in [0.2, 0.25) is 0 Å². The fourth-order valence-electron chi connectivity index (χ4n) is 5.08. The Balaban J connectivity index is 1.52. The maximum Gasteiger partial charge on any atom is 0.282 e. The molecule has 47 heavy (non-hydrogen) atoms. The lowest BCUT2D eigenvalue weighted by molar-refractivity contribution is -0.118. The van der Waals surface area contributed by atoms with Crippen LogP contribution in [-0.4, -0.2) is 49.7 Å². The van der Waals surface area contributed by atoms with Gasteiger partial charge < -0.3 is 24.3 Å². The molecule has 0 atom stereocenters. The zero-order valence-electron chi connectivity index (χ0n) is 27.0. The summed E-state index contributed by atoms with van der Waals surface area (Å²) >= 11 is 0. The van der Waals surface area contributed by atoms with Crippen molar-refractivity contribution in [3.05, 3.63) is 106 Å². The number of aryl methyl sites for hydroxylation is 1. The molecule has 0 spiro atoms. The molecule has 4 aromatic carbocycles. The number of carbonyl (C=O) groups is 1. The van der Waals surface area contributed by atoms with E-state index in [1.165, 1.54) is 49.4 Å². The maximum atomic E-state index is 13.9. The fourth-order valence-corrected chi connectivity index (χ4v) is 5.08. The zero-order chi connectivity index (χ0) is 33.7. The number of nitrogens with zero attached hydrogens (tertiary/aromatic N) is 3. The highest BCUT2D eigenvalue weighted by atomic mass is 19.1. The molecule has 5 rings (SSSR count). The van der Waals surface area contributed by atoms with E-state index in [0.29, 0.717) is 28.0 Å². The van der Waals surface area contributed by atoms with Gasteiger partial charge in [-0.3, -0.25) is 9.59 Å². The number of methoxy groups -OCH3 is 3. The van der Waals surface area contributed by atoms with E-state index < -0.39 is 11.7 Å². The van der Waals surface area contributed by atoms with Gasteiger partial charge in [-0.15, -0.1) is 0 Å². The van der Waals surface area contributed by atoms with E-state index in [9.17, 15) is 14.0 Å². The predicted molar refractivity (Wildman–Crippen MR) is 180 cm³/mol. The second-order valence-electron chi connectivity index (χ2n) is 11.0. The number of hydrogen-bond acceptors (Lipinski definition) is 8. The van der Waals surface area contributed by atoms with Crippen LogP contribution in [0.5, 0.6) is 23.0 Å². The van der Waals surface area contributed by atoms with Crippen LogP contribution in [0.4, 0.5) is 10.1 Å². The molecule has 1 aromatic heterocycles. The smallest absolute Gasteiger partial charge is 0.282 e. The van der Waals surface area contributed by atoms with Crippen molar-refractivity contribution < 1.29 is 28.1 Å². The summed E-state index contributed by atoms with van der Waals surface area (Å²) in [4.78, 5) is 31.2. The topological polar surface area (TPSA) is 113 Å². The standard InChI is InChI=1S/C36H35FN4O6/c1-21(2)27-18-28(22(3)15-30(27)44-4)35-40-29-10-8-7-9-26(29)36(43)41(35)38-19-23-16-31(45-5)34(32(17-23)46-6)47-20-33(42)39-25-13-11-24(37)12-14-25/h7-19,21H,20H2,1-6H3,(H,39,42). The van der Waals surface area contributed by atoms with Crippen molar-refractivity contribution in [3.8, 4) is 34.4 Å². The Bertz CT molecular complexity index is 2000. The Morgan fingerprint density at radius 1 is 0.957 bits per heavy atom. The van der Waals surface area contributed by atoms with Gasteiger partial charge in [0.1, 0.15) is 11.6 Å². The Labute approximate surface area is 271 Å². The third-order valence-electron chi connectivity index (χ3n) is 7.47. The highest BCUT2D eigenvalue weighted by Gasteiger charge is 2.19. The number of para-hydroxylation sites is 1. The lowest BCUT2D eigenvalue weighted by atomic mass is 9.96. The van der Waals surface area contributed by atoms with E-state index in [1.807, 2.05) is 25.1 Å². The van der Waals surface area contributed by atoms with Gasteiger partial charge in [-0.05, 0) is 84.6 Å². The molecule has 1 N–H and O–H groups in total. The number of halogens is 1. The number of carbonyl (C=O) groups excluding carboxylic acids is 1. The monoisotopic (exact) mass is 638 g/mol. The van der Waals surface area contributed by atoms with Crippen LogP contribution >= 0.6 is 0 Å². The first-order valence-electron chi connectivity index (χ1n) is 14.8. The van der Waals surface area contributed by atoms with Gasteiger partial charge in [0.2, 0.25) is 5.75 Å². The van der Waals surface area contributed by atoms with Crippen molar-refractivity contribution in [2.75, 3.05) is 33.3 Å². The minimum absolute atomic E-state index is 0.156. The minimum atomic E-state index is -0.462. The normalized spacial score (nSPS) is 11.2. The summed E-state index contributed by atoms with van der Waals surface area (Å²) in [6.07, 6.45) is 1.50. The van der Waals surface area contributed by atoms with Crippen molar-refractivity contribution >= 4 is 28.7 Å². The number of amides is 1. The number of aromatic nitrogens is 2. The maximum absolute atomic E-state index is 13.9. The lowest BCUT2D eigenvalue weighted by Gasteiger charge is -2.17. The van der Waals surface area contributed by atoms with Gasteiger partial charge in [0.15, 0.2) is 23.9 Å². The van der Waals surface area contributed by atoms with E-state index >= 15 is 0 Å². The second kappa shape index (κ2) is 14.2. The second-order valence-corrected chi connectivity index (χ2v) is 11.0. The number of ether oxygens (including phenoxy) is 4. The fraction of sp³-hybridized carbons (Fsp3) is 0.222. The van der Waals surface area contributed by atoms with Gasteiger partial charge in [-0.25, -0.2) is 9.37 Å². The van der Waals surface area contributed by atoms with E-state index in [0.717, 1.165) is 22.4 Å². The Kier molecular flexibility index (Phi) is 9.84. The van der Waals surface area contributed by atoms with Crippen molar-refractivity contribution in [2.24, 2.45) is 5.10 Å². The van der Waals surface area contributed by atoms with Crippen molar-refractivity contribution in [3.63, 3.8) is 0 Å². The number of rotatable bonds is 11. The molecule has 242 valence electrons. The molecule has 0 radical (unpaired) electrons. The van der Waals surface area contributed by atoms with E-state index in [4.69, 9.17) is 23.9 Å². The molecule has 5 aromatic rings. The van der Waals surface area contributed by atoms with Gasteiger partial charge in [0.25, 0.3) is 11.5 Å². The first-order chi connectivity index (χ1) is 22.6. The van der Waals surface area contributed by atoms with Crippen LogP contribution in [-0.2, 0) is 4.79 Å². The molecule has 0 bridgehead atoms. The molecule has 11 heteroatoms. The quantitative estimate of drug-likeness (QED) is 0.163. The van der Waals surface area contributed by atoms with Gasteiger partial charge in [0.05, 0.1) is 38.4 Å². The highest BCUT2D eigenvalue weighted by molar-refractivity contribution is 5.92. The van der Waals surface area contributed by atoms with Crippen LogP contribution in [0, 0.1) is 12.7 Å².